The third-order valence-electron chi connectivity index (χ3n) is 17.7. The summed E-state index contributed by atoms with van der Waals surface area (Å²) in [5, 5.41) is 0. The van der Waals surface area contributed by atoms with Crippen LogP contribution in [0.4, 0.5) is 0 Å². The van der Waals surface area contributed by atoms with Gasteiger partial charge in [-0.25, -0.2) is 0 Å². The van der Waals surface area contributed by atoms with E-state index in [1.807, 2.05) is 94.1 Å². The van der Waals surface area contributed by atoms with E-state index in [9.17, 15) is 0 Å². The average molecular weight is 1850 g/mol. The van der Waals surface area contributed by atoms with Gasteiger partial charge in [-0.2, -0.15) is 94.1 Å². The highest BCUT2D eigenvalue weighted by molar-refractivity contribution is 8.00. The predicted molar refractivity (Wildman–Crippen MR) is 490 cm³/mol. The maximum Gasteiger partial charge on any atom is 0.479 e. The van der Waals surface area contributed by atoms with Gasteiger partial charge < -0.3 is 87.3 Å². The van der Waals surface area contributed by atoms with Crippen molar-refractivity contribution in [3.05, 3.63) is 0 Å². The van der Waals surface area contributed by atoms with E-state index in [0.717, 1.165) is 169 Å². The molecule has 0 aromatic heterocycles. The standard InChI is InChI=1S/C72H156O20S8Si9/c1-65(2)17-25-73-33-41-93-49-57-101-81-103(58-50-94-42-34-74-26-18-66(3)4)84-106(61-53-97-45-37-77-29-21-69(9)10)86-104(59-51-95-43-35-75-27-19-67(5)6)82-102-83-105(60-52-96-44-36-76-28-20-68(7)8)87-107(85-103,62-54-98-46-38-78-30-22-70(11)12)91-109(90-106,64-56-100-48-40-80-32-24-72(15)16)92-108(88-104,89-105)63-55-99-47-39-79-31-23-71(13)14/h65-72H,17-64,101-102H2,1-16H3. The van der Waals surface area contributed by atoms with Crippen molar-refractivity contribution in [2.75, 3.05) is 198 Å². The summed E-state index contributed by atoms with van der Waals surface area (Å²) in [6, 6.07) is 3.83. The van der Waals surface area contributed by atoms with Crippen LogP contribution in [-0.2, 0) is 87.3 Å². The largest absolute Gasteiger partial charge is 0.479 e. The molecule has 37 heteroatoms. The van der Waals surface area contributed by atoms with Crippen LogP contribution in [0.1, 0.15) is 162 Å². The molecular weight excluding hydrogens is 1690 g/mol. The molecule has 0 saturated carbocycles. The summed E-state index contributed by atoms with van der Waals surface area (Å²) < 4.78 is 149. The van der Waals surface area contributed by atoms with Gasteiger partial charge in [-0.05, 0) is 151 Å². The van der Waals surface area contributed by atoms with E-state index < -0.39 is 81.4 Å². The highest BCUT2D eigenvalue weighted by Gasteiger charge is 2.78. The van der Waals surface area contributed by atoms with Crippen molar-refractivity contribution in [2.45, 2.75) is 210 Å². The zero-order valence-electron chi connectivity index (χ0n) is 70.9. The molecule has 0 N–H and O–H groups in total. The molecule has 6 bridgehead atoms. The first kappa shape index (κ1) is 105. The van der Waals surface area contributed by atoms with Crippen molar-refractivity contribution in [1.29, 1.82) is 0 Å². The van der Waals surface area contributed by atoms with Gasteiger partial charge in [0.15, 0.2) is 9.76 Å². The summed E-state index contributed by atoms with van der Waals surface area (Å²) in [5.74, 6) is 16.4. The Morgan fingerprint density at radius 1 is 0.229 bits per heavy atom. The fraction of sp³-hybridized carbons (Fsp3) is 1.00. The van der Waals surface area contributed by atoms with Gasteiger partial charge in [-0.15, -0.1) is 0 Å². The van der Waals surface area contributed by atoms with E-state index in [4.69, 9.17) is 87.3 Å². The van der Waals surface area contributed by atoms with Crippen molar-refractivity contribution < 1.29 is 87.3 Å². The Morgan fingerprint density at radius 3 is 0.651 bits per heavy atom. The topological polar surface area (TPSA) is 185 Å². The third-order valence-corrected chi connectivity index (χ3v) is 64.5. The predicted octanol–water partition coefficient (Wildman–Crippen LogP) is 16.7. The number of hydrogen-bond donors (Lipinski definition) is 0. The van der Waals surface area contributed by atoms with E-state index in [1.54, 1.807) is 0 Å². The lowest BCUT2D eigenvalue weighted by atomic mass is 10.1. The third kappa shape index (κ3) is 50.4. The molecule has 4 unspecified atom stereocenters. The van der Waals surface area contributed by atoms with Crippen molar-refractivity contribution in [1.82, 2.24) is 0 Å². The highest BCUT2D eigenvalue weighted by atomic mass is 32.2. The minimum absolute atomic E-state index is 0.396. The number of hydrogen-bond acceptors (Lipinski definition) is 28. The molecule has 109 heavy (non-hydrogen) atoms. The average Bonchev–Trinajstić information content (AvgIpc) is 0.706. The van der Waals surface area contributed by atoms with Crippen LogP contribution in [0.15, 0.2) is 0 Å². The molecule has 0 aliphatic carbocycles. The van der Waals surface area contributed by atoms with E-state index in [1.165, 1.54) is 0 Å². The maximum absolute atomic E-state index is 8.49. The minimum Gasteiger partial charge on any atom is -0.422 e. The summed E-state index contributed by atoms with van der Waals surface area (Å²) in [6.45, 7) is 46.9. The molecule has 648 valence electrons. The quantitative estimate of drug-likeness (QED) is 0.0413. The Kier molecular flexibility index (Phi) is 60.8. The van der Waals surface area contributed by atoms with Gasteiger partial charge in [0.25, 0.3) is 10.0 Å². The van der Waals surface area contributed by atoms with Crippen molar-refractivity contribution >= 4 is 175 Å². The van der Waals surface area contributed by atoms with Crippen LogP contribution in [0.5, 0.6) is 0 Å². The van der Waals surface area contributed by atoms with Crippen LogP contribution in [-0.4, -0.2) is 279 Å². The molecule has 0 spiro atoms. The maximum atomic E-state index is 8.49. The second kappa shape index (κ2) is 63.0. The van der Waals surface area contributed by atoms with Crippen LogP contribution in [0.3, 0.4) is 0 Å². The first-order valence-corrected chi connectivity index (χ1v) is 67.4. The fourth-order valence-electron chi connectivity index (χ4n) is 10.9. The monoisotopic (exact) mass is 1850 g/mol. The minimum atomic E-state index is -4.33. The van der Waals surface area contributed by atoms with Gasteiger partial charge in [0.05, 0.1) is 52.9 Å². The SMILES string of the molecule is CC(C)CCOCCSCC[SiH2]O[Si]1(CCSCCOCCC(C)C)O[Si]2(CCSCCOCCC(C)C)O[Si]3(CCSCCOCCC(C)C)O[SiH2]O[Si]4(CCSCCOCCC(C)C)O[Si](CCSCCOCCC(C)C)(O1)O[Si](CCSCCOCCC(C)C)(O2)O[Si](CCSCCOCCC(C)C)(O3)O4. The normalized spacial score (nSPS) is 25.0. The lowest BCUT2D eigenvalue weighted by molar-refractivity contribution is 0.00647. The second-order valence-corrected chi connectivity index (χ2v) is 66.8. The van der Waals surface area contributed by atoms with Gasteiger partial charge in [0.2, 0.25) is 0 Å². The van der Waals surface area contributed by atoms with Crippen LogP contribution < -0.4 is 0 Å². The number of fused-ring (bicyclic) bond motifs is 4. The first-order valence-electron chi connectivity index (χ1n) is 41.9. The molecule has 4 atom stereocenters. The number of thioether (sulfide) groups is 8. The first-order chi connectivity index (χ1) is 52.4. The molecular formula is C72H156O20S8Si9. The molecule has 4 rings (SSSR count). The van der Waals surface area contributed by atoms with Gasteiger partial charge in [-0.3, -0.25) is 0 Å². The van der Waals surface area contributed by atoms with Crippen LogP contribution in [0.25, 0.3) is 0 Å². The highest BCUT2D eigenvalue weighted by Crippen LogP contribution is 2.50. The van der Waals surface area contributed by atoms with Crippen molar-refractivity contribution in [3.63, 3.8) is 0 Å². The number of rotatable bonds is 74. The van der Waals surface area contributed by atoms with Crippen LogP contribution >= 0.6 is 94.1 Å². The Bertz CT molecular complexity index is 2110. The molecule has 4 aliphatic rings. The molecule has 4 heterocycles. The van der Waals surface area contributed by atoms with Gasteiger partial charge in [0.1, 0.15) is 0 Å². The Balaban J connectivity index is 2.09. The summed E-state index contributed by atoms with van der Waals surface area (Å²) in [5.41, 5.74) is 0. The Labute approximate surface area is 712 Å². The number of ether oxygens (including phenoxy) is 8. The molecule has 0 aromatic carbocycles. The van der Waals surface area contributed by atoms with E-state index in [0.29, 0.717) is 176 Å². The lowest BCUT2D eigenvalue weighted by Crippen LogP contribution is -2.84. The summed E-state index contributed by atoms with van der Waals surface area (Å²) >= 11 is 14.7. The summed E-state index contributed by atoms with van der Waals surface area (Å²) in [4.78, 5) is 0. The molecule has 0 amide bonds. The summed E-state index contributed by atoms with van der Waals surface area (Å²) in [6.07, 6.45) is 8.16. The zero-order chi connectivity index (χ0) is 79.3. The molecule has 0 radical (unpaired) electrons. The van der Waals surface area contributed by atoms with Gasteiger partial charge in [-0.1, -0.05) is 111 Å². The molecule has 4 fully saturated rings. The van der Waals surface area contributed by atoms with Crippen molar-refractivity contribution in [2.24, 2.45) is 47.3 Å². The van der Waals surface area contributed by atoms with E-state index in [2.05, 4.69) is 111 Å². The van der Waals surface area contributed by atoms with Crippen LogP contribution in [0, 0.1) is 47.3 Å². The molecule has 4 aliphatic heterocycles. The Hall–Kier alpha value is 3.95. The summed E-state index contributed by atoms with van der Waals surface area (Å²) in [7, 11) is -33.0. The van der Waals surface area contributed by atoms with E-state index >= 15 is 0 Å². The second-order valence-electron chi connectivity index (χ2n) is 31.8. The van der Waals surface area contributed by atoms with Crippen molar-refractivity contribution in [3.8, 4) is 0 Å². The smallest absolute Gasteiger partial charge is 0.422 e. The fourth-order valence-corrected chi connectivity index (χ4v) is 69.6. The zero-order valence-corrected chi connectivity index (χ0v) is 87.3. The Morgan fingerprint density at radius 2 is 0.422 bits per heavy atom. The lowest BCUT2D eigenvalue weighted by Gasteiger charge is -2.59. The molecule has 0 aromatic rings. The molecule has 20 nitrogen and oxygen atoms in total. The van der Waals surface area contributed by atoms with E-state index in [-0.39, 0.29) is 0 Å². The van der Waals surface area contributed by atoms with Gasteiger partial charge >= 0.3 is 61.6 Å². The van der Waals surface area contributed by atoms with Gasteiger partial charge in [0, 0.05) is 141 Å². The van der Waals surface area contributed by atoms with Crippen LogP contribution in [0.2, 0.25) is 48.4 Å². The molecule has 4 saturated heterocycles.